The maximum absolute atomic E-state index is 6.68. The van der Waals surface area contributed by atoms with Crippen molar-refractivity contribution in [2.24, 2.45) is 0 Å². The van der Waals surface area contributed by atoms with Gasteiger partial charge >= 0.3 is 0 Å². The van der Waals surface area contributed by atoms with Gasteiger partial charge in [-0.3, -0.25) is 0 Å². The van der Waals surface area contributed by atoms with E-state index in [9.17, 15) is 0 Å². The van der Waals surface area contributed by atoms with E-state index in [1.807, 2.05) is 0 Å². The Morgan fingerprint density at radius 3 is 3.00 bits per heavy atom. The van der Waals surface area contributed by atoms with Crippen molar-refractivity contribution in [3.8, 4) is 0 Å². The Morgan fingerprint density at radius 1 is 1.86 bits per heavy atom. The zero-order valence-electron chi connectivity index (χ0n) is 3.73. The van der Waals surface area contributed by atoms with Gasteiger partial charge in [-0.1, -0.05) is 0 Å². The molecular weight excluding hydrogens is 88.1 g/mol. The predicted octanol–water partition coefficient (Wildman–Crippen LogP) is 0.813. The van der Waals surface area contributed by atoms with Crippen LogP contribution < -0.4 is 0 Å². The van der Waals surface area contributed by atoms with Crippen LogP contribution in [-0.2, 0) is 0 Å². The molecule has 35 valence electrons. The summed E-state index contributed by atoms with van der Waals surface area (Å²) < 4.78 is 0. The Bertz CT molecular complexity index is 141. The SMILES string of the molecule is N=Cc1cc[c][nH]1. The summed E-state index contributed by atoms with van der Waals surface area (Å²) in [6.45, 7) is 0. The molecule has 1 rings (SSSR count). The van der Waals surface area contributed by atoms with Crippen molar-refractivity contribution in [2.75, 3.05) is 0 Å². The second-order valence-electron chi connectivity index (χ2n) is 1.20. The molecule has 0 unspecified atom stereocenters. The van der Waals surface area contributed by atoms with E-state index < -0.39 is 0 Å². The molecule has 2 nitrogen and oxygen atoms in total. The minimum absolute atomic E-state index is 0.792. The lowest BCUT2D eigenvalue weighted by molar-refractivity contribution is 1.35. The third kappa shape index (κ3) is 0.682. The van der Waals surface area contributed by atoms with Crippen LogP contribution in [0.3, 0.4) is 0 Å². The zero-order valence-corrected chi connectivity index (χ0v) is 3.73. The molecule has 0 aliphatic heterocycles. The molecule has 0 amide bonds. The van der Waals surface area contributed by atoms with E-state index in [-0.39, 0.29) is 0 Å². The fraction of sp³-hybridized carbons (Fsp3) is 0. The molecule has 7 heavy (non-hydrogen) atoms. The number of hydrogen-bond acceptors (Lipinski definition) is 1. The van der Waals surface area contributed by atoms with E-state index in [1.165, 1.54) is 6.21 Å². The summed E-state index contributed by atoms with van der Waals surface area (Å²) in [7, 11) is 0. The van der Waals surface area contributed by atoms with Crippen LogP contribution in [0.25, 0.3) is 0 Å². The molecular formula is C5H5N2. The van der Waals surface area contributed by atoms with Gasteiger partial charge in [0.15, 0.2) is 0 Å². The highest BCUT2D eigenvalue weighted by atomic mass is 14.7. The Kier molecular flexibility index (Phi) is 0.941. The van der Waals surface area contributed by atoms with Gasteiger partial charge in [-0.15, -0.1) is 0 Å². The van der Waals surface area contributed by atoms with E-state index in [2.05, 4.69) is 11.2 Å². The average molecular weight is 93.1 g/mol. The molecule has 0 aliphatic rings. The van der Waals surface area contributed by atoms with Gasteiger partial charge in [0.05, 0.1) is 11.9 Å². The number of hydrogen-bond donors (Lipinski definition) is 2. The van der Waals surface area contributed by atoms with Crippen LogP contribution in [0.2, 0.25) is 0 Å². The second kappa shape index (κ2) is 1.60. The van der Waals surface area contributed by atoms with Gasteiger partial charge < -0.3 is 10.4 Å². The van der Waals surface area contributed by atoms with Crippen molar-refractivity contribution in [3.63, 3.8) is 0 Å². The number of nitrogens with one attached hydrogen (secondary N) is 2. The normalized spacial score (nSPS) is 8.57. The van der Waals surface area contributed by atoms with Crippen LogP contribution in [0.15, 0.2) is 12.1 Å². The van der Waals surface area contributed by atoms with Gasteiger partial charge in [0.25, 0.3) is 0 Å². The zero-order chi connectivity index (χ0) is 5.11. The molecule has 0 fully saturated rings. The fourth-order valence-electron chi connectivity index (χ4n) is 0.382. The van der Waals surface area contributed by atoms with Gasteiger partial charge in [0.2, 0.25) is 0 Å². The summed E-state index contributed by atoms with van der Waals surface area (Å²) >= 11 is 0. The van der Waals surface area contributed by atoms with Gasteiger partial charge in [-0.2, -0.15) is 0 Å². The number of aromatic amines is 1. The molecule has 0 saturated carbocycles. The maximum Gasteiger partial charge on any atom is 0.0624 e. The Morgan fingerprint density at radius 2 is 2.71 bits per heavy atom. The lowest BCUT2D eigenvalue weighted by atomic mass is 10.5. The summed E-state index contributed by atoms with van der Waals surface area (Å²) in [5, 5.41) is 6.68. The standard InChI is InChI=1S/C5H5N2/c6-4-5-2-1-3-7-5/h1-2,4,6-7H. The summed E-state index contributed by atoms with van der Waals surface area (Å²) in [5.74, 6) is 0. The van der Waals surface area contributed by atoms with Gasteiger partial charge in [-0.25, -0.2) is 0 Å². The summed E-state index contributed by atoms with van der Waals surface area (Å²) in [5.41, 5.74) is 0.792. The lowest BCUT2D eigenvalue weighted by Crippen LogP contribution is -1.72. The first-order chi connectivity index (χ1) is 3.43. The topological polar surface area (TPSA) is 39.6 Å². The highest BCUT2D eigenvalue weighted by molar-refractivity contribution is 5.73. The minimum Gasteiger partial charge on any atom is -0.353 e. The molecule has 1 radical (unpaired) electrons. The molecule has 1 aromatic heterocycles. The van der Waals surface area contributed by atoms with E-state index in [0.29, 0.717) is 0 Å². The highest BCUT2D eigenvalue weighted by Gasteiger charge is 1.78. The average Bonchev–Trinajstić information content (AvgIpc) is 2.14. The van der Waals surface area contributed by atoms with Gasteiger partial charge in [0.1, 0.15) is 0 Å². The maximum atomic E-state index is 6.68. The van der Waals surface area contributed by atoms with Crippen molar-refractivity contribution in [1.82, 2.24) is 4.98 Å². The first-order valence-electron chi connectivity index (χ1n) is 1.99. The highest BCUT2D eigenvalue weighted by Crippen LogP contribution is 1.84. The first-order valence-corrected chi connectivity index (χ1v) is 1.99. The van der Waals surface area contributed by atoms with Crippen molar-refractivity contribution in [1.29, 1.82) is 5.41 Å². The molecule has 0 bridgehead atoms. The third-order valence-corrected chi connectivity index (χ3v) is 0.718. The van der Waals surface area contributed by atoms with E-state index in [4.69, 9.17) is 5.41 Å². The summed E-state index contributed by atoms with van der Waals surface area (Å²) in [6.07, 6.45) is 3.95. The second-order valence-corrected chi connectivity index (χ2v) is 1.20. The quantitative estimate of drug-likeness (QED) is 0.482. The van der Waals surface area contributed by atoms with Crippen molar-refractivity contribution in [2.45, 2.75) is 0 Å². The lowest BCUT2D eigenvalue weighted by Gasteiger charge is -1.72. The first kappa shape index (κ1) is 4.12. The van der Waals surface area contributed by atoms with Crippen molar-refractivity contribution >= 4 is 6.21 Å². The van der Waals surface area contributed by atoms with E-state index >= 15 is 0 Å². The molecule has 0 saturated heterocycles. The molecule has 1 aromatic rings. The molecule has 0 aromatic carbocycles. The Hall–Kier alpha value is -1.05. The molecule has 0 atom stereocenters. The van der Waals surface area contributed by atoms with Crippen molar-refractivity contribution in [3.05, 3.63) is 24.0 Å². The predicted molar refractivity (Wildman–Crippen MR) is 27.5 cm³/mol. The van der Waals surface area contributed by atoms with Gasteiger partial charge in [0, 0.05) is 6.21 Å². The number of rotatable bonds is 1. The largest absolute Gasteiger partial charge is 0.353 e. The number of aromatic nitrogens is 1. The third-order valence-electron chi connectivity index (χ3n) is 0.718. The monoisotopic (exact) mass is 93.0 g/mol. The fourth-order valence-corrected chi connectivity index (χ4v) is 0.382. The van der Waals surface area contributed by atoms with Crippen molar-refractivity contribution < 1.29 is 0 Å². The molecule has 0 spiro atoms. The summed E-state index contributed by atoms with van der Waals surface area (Å²) in [6, 6.07) is 3.52. The van der Waals surface area contributed by atoms with Crippen LogP contribution in [-0.4, -0.2) is 11.2 Å². The van der Waals surface area contributed by atoms with Crippen LogP contribution in [0, 0.1) is 11.6 Å². The summed E-state index contributed by atoms with van der Waals surface area (Å²) in [4.78, 5) is 2.72. The molecule has 1 heterocycles. The van der Waals surface area contributed by atoms with Crippen LogP contribution >= 0.6 is 0 Å². The van der Waals surface area contributed by atoms with E-state index in [0.717, 1.165) is 5.69 Å². The Balaban J connectivity index is 2.96. The molecule has 0 aliphatic carbocycles. The molecule has 2 N–H and O–H groups in total. The smallest absolute Gasteiger partial charge is 0.0624 e. The van der Waals surface area contributed by atoms with E-state index in [1.54, 1.807) is 12.1 Å². The molecule has 2 heteroatoms. The van der Waals surface area contributed by atoms with Crippen LogP contribution in [0.4, 0.5) is 0 Å². The van der Waals surface area contributed by atoms with Crippen LogP contribution in [0.5, 0.6) is 0 Å². The van der Waals surface area contributed by atoms with Gasteiger partial charge in [-0.05, 0) is 12.1 Å². The number of H-pyrrole nitrogens is 1. The Labute approximate surface area is 41.7 Å². The minimum atomic E-state index is 0.792. The van der Waals surface area contributed by atoms with Crippen LogP contribution in [0.1, 0.15) is 5.69 Å².